The molecule has 0 heterocycles. The third-order valence-electron chi connectivity index (χ3n) is 5.30. The highest BCUT2D eigenvalue weighted by molar-refractivity contribution is 5.36. The number of hydrogen-bond acceptors (Lipinski definition) is 1. The highest BCUT2D eigenvalue weighted by Gasteiger charge is 2.28. The van der Waals surface area contributed by atoms with Crippen molar-refractivity contribution < 1.29 is 13.5 Å². The topological polar surface area (TPSA) is 9.23 Å². The van der Waals surface area contributed by atoms with Gasteiger partial charge in [0.2, 0.25) is 0 Å². The summed E-state index contributed by atoms with van der Waals surface area (Å²) in [4.78, 5) is 0. The Morgan fingerprint density at radius 3 is 2.34 bits per heavy atom. The van der Waals surface area contributed by atoms with Crippen molar-refractivity contribution in [2.45, 2.75) is 38.0 Å². The van der Waals surface area contributed by atoms with Crippen LogP contribution < -0.4 is 4.74 Å². The van der Waals surface area contributed by atoms with Gasteiger partial charge in [-0.15, -0.1) is 6.42 Å². The Balaban J connectivity index is 1.68. The quantitative estimate of drug-likeness (QED) is 0.374. The SMILES string of the molecule is C#CC(CC)(CCCc1cccc(Oc2ccccc2)c1)c1ccc(F)c(F)c1. The van der Waals surface area contributed by atoms with Crippen LogP contribution in [0.3, 0.4) is 0 Å². The minimum atomic E-state index is -0.860. The van der Waals surface area contributed by atoms with Crippen LogP contribution in [0.2, 0.25) is 0 Å². The van der Waals surface area contributed by atoms with Crippen LogP contribution in [-0.2, 0) is 11.8 Å². The van der Waals surface area contributed by atoms with Crippen molar-refractivity contribution in [2.75, 3.05) is 0 Å². The molecule has 0 aliphatic rings. The van der Waals surface area contributed by atoms with Crippen molar-refractivity contribution >= 4 is 0 Å². The molecular formula is C26H24F2O. The number of hydrogen-bond donors (Lipinski definition) is 0. The number of halogens is 2. The van der Waals surface area contributed by atoms with E-state index in [0.717, 1.165) is 36.0 Å². The summed E-state index contributed by atoms with van der Waals surface area (Å²) in [6.07, 6.45) is 8.83. The molecule has 0 bridgehead atoms. The fourth-order valence-corrected chi connectivity index (χ4v) is 3.56. The molecule has 0 aromatic heterocycles. The maximum atomic E-state index is 13.7. The van der Waals surface area contributed by atoms with Gasteiger partial charge in [0.05, 0.1) is 5.41 Å². The summed E-state index contributed by atoms with van der Waals surface area (Å²) in [7, 11) is 0. The molecule has 0 fully saturated rings. The van der Waals surface area contributed by atoms with E-state index in [1.165, 1.54) is 6.07 Å². The molecule has 0 N–H and O–H groups in total. The van der Waals surface area contributed by atoms with Crippen LogP contribution >= 0.6 is 0 Å². The molecule has 0 amide bonds. The number of rotatable bonds is 8. The summed E-state index contributed by atoms with van der Waals surface area (Å²) >= 11 is 0. The van der Waals surface area contributed by atoms with E-state index in [-0.39, 0.29) is 0 Å². The smallest absolute Gasteiger partial charge is 0.159 e. The van der Waals surface area contributed by atoms with E-state index < -0.39 is 17.0 Å². The Kier molecular flexibility index (Phi) is 6.67. The fraction of sp³-hybridized carbons (Fsp3) is 0.231. The molecule has 0 spiro atoms. The number of para-hydroxylation sites is 1. The second kappa shape index (κ2) is 9.39. The van der Waals surface area contributed by atoms with Crippen LogP contribution in [0.1, 0.15) is 37.3 Å². The van der Waals surface area contributed by atoms with Gasteiger partial charge >= 0.3 is 0 Å². The average molecular weight is 390 g/mol. The van der Waals surface area contributed by atoms with E-state index in [4.69, 9.17) is 11.2 Å². The van der Waals surface area contributed by atoms with Gasteiger partial charge in [-0.2, -0.15) is 0 Å². The summed E-state index contributed by atoms with van der Waals surface area (Å²) in [5.41, 5.74) is 1.19. The lowest BCUT2D eigenvalue weighted by atomic mass is 9.74. The van der Waals surface area contributed by atoms with Gasteiger partial charge in [0.15, 0.2) is 11.6 Å². The molecule has 3 heteroatoms. The molecule has 148 valence electrons. The number of benzene rings is 3. The predicted octanol–water partition coefficient (Wildman–Crippen LogP) is 7.06. The zero-order valence-electron chi connectivity index (χ0n) is 16.5. The standard InChI is InChI=1S/C26H24F2O/c1-3-26(4-2,21-15-16-24(27)25(28)19-21)17-9-11-20-10-8-14-23(18-20)29-22-12-6-5-7-13-22/h1,5-8,10,12-16,18-19H,4,9,11,17H2,2H3. The van der Waals surface area contributed by atoms with Crippen molar-refractivity contribution in [3.63, 3.8) is 0 Å². The summed E-state index contributed by atoms with van der Waals surface area (Å²) < 4.78 is 33.0. The van der Waals surface area contributed by atoms with E-state index in [1.807, 2.05) is 55.5 Å². The Bertz CT molecular complexity index is 991. The molecule has 1 unspecified atom stereocenters. The van der Waals surface area contributed by atoms with Crippen LogP contribution in [-0.4, -0.2) is 0 Å². The average Bonchev–Trinajstić information content (AvgIpc) is 2.75. The third kappa shape index (κ3) is 5.03. The largest absolute Gasteiger partial charge is 0.457 e. The Morgan fingerprint density at radius 1 is 0.897 bits per heavy atom. The normalized spacial score (nSPS) is 12.8. The second-order valence-electron chi connectivity index (χ2n) is 7.12. The van der Waals surface area contributed by atoms with E-state index in [9.17, 15) is 8.78 Å². The molecule has 29 heavy (non-hydrogen) atoms. The molecule has 0 radical (unpaired) electrons. The van der Waals surface area contributed by atoms with Crippen molar-refractivity contribution in [3.05, 3.63) is 95.6 Å². The molecule has 0 saturated carbocycles. The highest BCUT2D eigenvalue weighted by Crippen LogP contribution is 2.34. The monoisotopic (exact) mass is 390 g/mol. The fourth-order valence-electron chi connectivity index (χ4n) is 3.56. The minimum absolute atomic E-state index is 0.604. The van der Waals surface area contributed by atoms with Gasteiger partial charge in [-0.25, -0.2) is 8.78 Å². The van der Waals surface area contributed by atoms with Crippen LogP contribution in [0.15, 0.2) is 72.8 Å². The van der Waals surface area contributed by atoms with Crippen molar-refractivity contribution in [3.8, 4) is 23.8 Å². The zero-order valence-corrected chi connectivity index (χ0v) is 16.5. The van der Waals surface area contributed by atoms with Gasteiger partial charge in [-0.1, -0.05) is 49.2 Å². The maximum absolute atomic E-state index is 13.7. The molecule has 1 nitrogen and oxygen atoms in total. The third-order valence-corrected chi connectivity index (χ3v) is 5.30. The van der Waals surface area contributed by atoms with Gasteiger partial charge in [0, 0.05) is 0 Å². The maximum Gasteiger partial charge on any atom is 0.159 e. The van der Waals surface area contributed by atoms with Gasteiger partial charge in [0.1, 0.15) is 11.5 Å². The predicted molar refractivity (Wildman–Crippen MR) is 113 cm³/mol. The molecule has 0 aliphatic carbocycles. The number of aryl methyl sites for hydroxylation is 1. The first kappa shape index (κ1) is 20.6. The summed E-state index contributed by atoms with van der Waals surface area (Å²) in [5, 5.41) is 0. The van der Waals surface area contributed by atoms with Crippen LogP contribution in [0.4, 0.5) is 8.78 Å². The molecule has 3 aromatic rings. The first-order chi connectivity index (χ1) is 14.1. The van der Waals surface area contributed by atoms with Crippen molar-refractivity contribution in [1.29, 1.82) is 0 Å². The van der Waals surface area contributed by atoms with Gasteiger partial charge in [0.25, 0.3) is 0 Å². The number of ether oxygens (including phenoxy) is 1. The number of terminal acetylenes is 1. The van der Waals surface area contributed by atoms with Crippen LogP contribution in [0.25, 0.3) is 0 Å². The zero-order chi connectivity index (χ0) is 20.7. The van der Waals surface area contributed by atoms with E-state index in [2.05, 4.69) is 12.0 Å². The lowest BCUT2D eigenvalue weighted by Gasteiger charge is -2.28. The molecule has 0 aliphatic heterocycles. The van der Waals surface area contributed by atoms with Gasteiger partial charge < -0.3 is 4.74 Å². The minimum Gasteiger partial charge on any atom is -0.457 e. The van der Waals surface area contributed by atoms with E-state index >= 15 is 0 Å². The summed E-state index contributed by atoms with van der Waals surface area (Å²) in [5.74, 6) is 2.71. The Labute approximate surface area is 171 Å². The van der Waals surface area contributed by atoms with Crippen LogP contribution in [0.5, 0.6) is 11.5 Å². The highest BCUT2D eigenvalue weighted by atomic mass is 19.2. The van der Waals surface area contributed by atoms with E-state index in [0.29, 0.717) is 18.4 Å². The summed E-state index contributed by atoms with van der Waals surface area (Å²) in [6.45, 7) is 1.98. The first-order valence-electron chi connectivity index (χ1n) is 9.81. The van der Waals surface area contributed by atoms with Crippen molar-refractivity contribution in [1.82, 2.24) is 0 Å². The van der Waals surface area contributed by atoms with Crippen LogP contribution in [0, 0.1) is 24.0 Å². The Morgan fingerprint density at radius 2 is 1.66 bits per heavy atom. The Hall–Kier alpha value is -3.12. The van der Waals surface area contributed by atoms with Gasteiger partial charge in [-0.3, -0.25) is 0 Å². The molecular weight excluding hydrogens is 366 g/mol. The molecule has 1 atom stereocenters. The van der Waals surface area contributed by atoms with E-state index in [1.54, 1.807) is 6.07 Å². The molecule has 3 rings (SSSR count). The molecule has 0 saturated heterocycles. The lowest BCUT2D eigenvalue weighted by molar-refractivity contribution is 0.460. The van der Waals surface area contributed by atoms with Crippen molar-refractivity contribution in [2.24, 2.45) is 0 Å². The molecule has 3 aromatic carbocycles. The first-order valence-corrected chi connectivity index (χ1v) is 9.81. The van der Waals surface area contributed by atoms with Gasteiger partial charge in [-0.05, 0) is 73.2 Å². The summed E-state index contributed by atoms with van der Waals surface area (Å²) in [6, 6.07) is 21.6. The second-order valence-corrected chi connectivity index (χ2v) is 7.12. The lowest BCUT2D eigenvalue weighted by Crippen LogP contribution is -2.23.